The highest BCUT2D eigenvalue weighted by atomic mass is 16.5. The Balaban J connectivity index is 1.33. The summed E-state index contributed by atoms with van der Waals surface area (Å²) in [5.41, 5.74) is 3.43. The van der Waals surface area contributed by atoms with Gasteiger partial charge in [0, 0.05) is 37.3 Å². The van der Waals surface area contributed by atoms with Crippen LogP contribution in [0.2, 0.25) is 0 Å². The number of phenolic OH excluding ortho intramolecular Hbond substituents is 1. The summed E-state index contributed by atoms with van der Waals surface area (Å²) in [5.74, 6) is 1.53. The highest BCUT2D eigenvalue weighted by molar-refractivity contribution is 5.87. The number of aromatic hydroxyl groups is 1. The van der Waals surface area contributed by atoms with E-state index in [2.05, 4.69) is 53.4 Å². The van der Waals surface area contributed by atoms with Crippen molar-refractivity contribution in [3.05, 3.63) is 65.9 Å². The van der Waals surface area contributed by atoms with Crippen molar-refractivity contribution in [1.82, 2.24) is 19.8 Å². The number of fused-ring (bicyclic) bond motifs is 2. The smallest absolute Gasteiger partial charge is 0.318 e. The summed E-state index contributed by atoms with van der Waals surface area (Å²) >= 11 is 0. The Kier molecular flexibility index (Phi) is 7.66. The first kappa shape index (κ1) is 27.0. The number of aliphatic hydroxyl groups excluding tert-OH is 1. The first-order valence-electron chi connectivity index (χ1n) is 14.7. The van der Waals surface area contributed by atoms with E-state index in [4.69, 9.17) is 14.7 Å². The lowest BCUT2D eigenvalue weighted by atomic mass is 9.80. The molecular weight excluding hydrogens is 502 g/mol. The van der Waals surface area contributed by atoms with Gasteiger partial charge in [0.1, 0.15) is 24.4 Å². The molecule has 8 nitrogen and oxygen atoms in total. The zero-order valence-electron chi connectivity index (χ0n) is 23.7. The number of nitrogens with zero attached hydrogens (tertiary/aromatic N) is 5. The van der Waals surface area contributed by atoms with Crippen LogP contribution in [0.25, 0.3) is 10.8 Å². The van der Waals surface area contributed by atoms with Crippen LogP contribution in [-0.2, 0) is 12.8 Å². The maximum Gasteiger partial charge on any atom is 0.318 e. The van der Waals surface area contributed by atoms with Crippen molar-refractivity contribution in [3.8, 4) is 11.8 Å². The average molecular weight is 544 g/mol. The standard InChI is InChI=1S/C32H41N5O3/c1-4-30(39)36-14-15-37(21(2)19-36)31-27-12-11-23(28-18-25(38)16-22-8-5-6-10-26(22)28)17-29(27)33-32(34-31)40-20-24-9-7-13-35(24)3/h4-6,8,10,16,18,21,23-24,30,38-39H,1,7,9,11-15,17,19-20H2,2-3H3/t21-,23+,24-,30?/m0/s1. The van der Waals surface area contributed by atoms with Gasteiger partial charge in [-0.25, -0.2) is 0 Å². The normalized spacial score (nSPS) is 24.7. The van der Waals surface area contributed by atoms with Gasteiger partial charge in [-0.15, -0.1) is 0 Å². The van der Waals surface area contributed by atoms with E-state index in [1.807, 2.05) is 18.2 Å². The van der Waals surface area contributed by atoms with Crippen LogP contribution in [0.1, 0.15) is 48.9 Å². The molecule has 6 rings (SSSR count). The van der Waals surface area contributed by atoms with Crippen LogP contribution >= 0.6 is 0 Å². The van der Waals surface area contributed by atoms with Crippen molar-refractivity contribution >= 4 is 16.6 Å². The Morgan fingerprint density at radius 1 is 1.15 bits per heavy atom. The minimum absolute atomic E-state index is 0.170. The van der Waals surface area contributed by atoms with E-state index >= 15 is 0 Å². The fraction of sp³-hybridized carbons (Fsp3) is 0.500. The molecule has 3 heterocycles. The average Bonchev–Trinajstić information content (AvgIpc) is 3.38. The van der Waals surface area contributed by atoms with E-state index in [0.717, 1.165) is 68.8 Å². The molecule has 40 heavy (non-hydrogen) atoms. The molecule has 2 fully saturated rings. The number of rotatable bonds is 7. The predicted octanol–water partition coefficient (Wildman–Crippen LogP) is 4.10. The molecule has 0 saturated carbocycles. The Bertz CT molecular complexity index is 1380. The number of hydrogen-bond acceptors (Lipinski definition) is 8. The van der Waals surface area contributed by atoms with Crippen LogP contribution in [-0.4, -0.2) is 88.1 Å². The molecule has 4 atom stereocenters. The molecule has 2 saturated heterocycles. The van der Waals surface area contributed by atoms with Crippen molar-refractivity contribution in [2.75, 3.05) is 44.7 Å². The highest BCUT2D eigenvalue weighted by Crippen LogP contribution is 2.40. The number of aromatic nitrogens is 2. The molecular formula is C32H41N5O3. The van der Waals surface area contributed by atoms with Gasteiger partial charge >= 0.3 is 6.01 Å². The largest absolute Gasteiger partial charge is 0.508 e. The lowest BCUT2D eigenvalue weighted by molar-refractivity contribution is 0.0295. The molecule has 2 aromatic carbocycles. The van der Waals surface area contributed by atoms with Crippen LogP contribution in [0.15, 0.2) is 49.1 Å². The molecule has 212 valence electrons. The Morgan fingerprint density at radius 2 is 2.00 bits per heavy atom. The number of likely N-dealkylation sites (tertiary alicyclic amines) is 1. The predicted molar refractivity (Wildman–Crippen MR) is 158 cm³/mol. The molecule has 0 amide bonds. The second kappa shape index (κ2) is 11.4. The SMILES string of the molecule is C=CC(O)N1CCN(c2nc(OC[C@@H]3CCCN3C)nc3c2CC[C@@H](c2cc(O)cc4ccccc24)C3)[C@@H](C)C1. The van der Waals surface area contributed by atoms with Gasteiger partial charge in [0.05, 0.1) is 5.69 Å². The lowest BCUT2D eigenvalue weighted by Crippen LogP contribution is -2.55. The van der Waals surface area contributed by atoms with Crippen LogP contribution in [0, 0.1) is 0 Å². The van der Waals surface area contributed by atoms with Gasteiger partial charge in [-0.3, -0.25) is 4.90 Å². The third-order valence-electron chi connectivity index (χ3n) is 9.14. The summed E-state index contributed by atoms with van der Waals surface area (Å²) in [6.45, 7) is 9.86. The van der Waals surface area contributed by atoms with E-state index in [-0.39, 0.29) is 12.0 Å². The Labute approximate surface area is 236 Å². The number of hydrogen-bond donors (Lipinski definition) is 2. The van der Waals surface area contributed by atoms with E-state index in [1.165, 1.54) is 22.9 Å². The molecule has 1 aliphatic carbocycles. The third-order valence-corrected chi connectivity index (χ3v) is 9.14. The van der Waals surface area contributed by atoms with Gasteiger partial charge in [0.15, 0.2) is 0 Å². The first-order chi connectivity index (χ1) is 19.4. The van der Waals surface area contributed by atoms with E-state index in [9.17, 15) is 10.2 Å². The van der Waals surface area contributed by atoms with Crippen molar-refractivity contribution in [2.45, 2.75) is 63.3 Å². The Morgan fingerprint density at radius 3 is 2.77 bits per heavy atom. The van der Waals surface area contributed by atoms with Crippen molar-refractivity contribution in [3.63, 3.8) is 0 Å². The van der Waals surface area contributed by atoms with E-state index in [1.54, 1.807) is 6.08 Å². The summed E-state index contributed by atoms with van der Waals surface area (Å²) < 4.78 is 6.31. The number of ether oxygens (including phenoxy) is 1. The zero-order chi connectivity index (χ0) is 27.8. The zero-order valence-corrected chi connectivity index (χ0v) is 23.7. The van der Waals surface area contributed by atoms with Gasteiger partial charge in [-0.1, -0.05) is 30.8 Å². The fourth-order valence-corrected chi connectivity index (χ4v) is 6.85. The summed E-state index contributed by atoms with van der Waals surface area (Å²) in [6.07, 6.45) is 5.89. The molecule has 0 bridgehead atoms. The first-order valence-corrected chi connectivity index (χ1v) is 14.7. The molecule has 0 radical (unpaired) electrons. The molecule has 1 unspecified atom stereocenters. The Hall–Kier alpha value is -3.20. The van der Waals surface area contributed by atoms with E-state index in [0.29, 0.717) is 24.4 Å². The quantitative estimate of drug-likeness (QED) is 0.431. The molecule has 0 spiro atoms. The van der Waals surface area contributed by atoms with Gasteiger partial charge in [-0.05, 0) is 93.1 Å². The van der Waals surface area contributed by atoms with E-state index < -0.39 is 6.23 Å². The van der Waals surface area contributed by atoms with Gasteiger partial charge in [0.25, 0.3) is 0 Å². The number of piperazine rings is 1. The van der Waals surface area contributed by atoms with Crippen LogP contribution < -0.4 is 9.64 Å². The summed E-state index contributed by atoms with van der Waals surface area (Å²) in [7, 11) is 2.16. The second-order valence-electron chi connectivity index (χ2n) is 11.7. The maximum absolute atomic E-state index is 10.5. The number of aliphatic hydroxyl groups is 1. The third kappa shape index (κ3) is 5.28. The summed E-state index contributed by atoms with van der Waals surface area (Å²) in [4.78, 5) is 16.8. The number of phenols is 1. The van der Waals surface area contributed by atoms with Gasteiger partial charge < -0.3 is 24.7 Å². The summed E-state index contributed by atoms with van der Waals surface area (Å²) in [6, 6.07) is 13.1. The minimum atomic E-state index is -0.635. The van der Waals surface area contributed by atoms with Crippen LogP contribution in [0.3, 0.4) is 0 Å². The number of anilines is 1. The number of benzene rings is 2. The second-order valence-corrected chi connectivity index (χ2v) is 11.7. The van der Waals surface area contributed by atoms with Crippen molar-refractivity contribution in [2.24, 2.45) is 0 Å². The summed E-state index contributed by atoms with van der Waals surface area (Å²) in [5, 5.41) is 23.1. The van der Waals surface area contributed by atoms with Crippen LogP contribution in [0.4, 0.5) is 5.82 Å². The minimum Gasteiger partial charge on any atom is -0.508 e. The highest BCUT2D eigenvalue weighted by Gasteiger charge is 2.33. The lowest BCUT2D eigenvalue weighted by Gasteiger charge is -2.43. The van der Waals surface area contributed by atoms with Crippen molar-refractivity contribution < 1.29 is 14.9 Å². The van der Waals surface area contributed by atoms with Crippen LogP contribution in [0.5, 0.6) is 11.8 Å². The molecule has 2 aliphatic heterocycles. The monoisotopic (exact) mass is 543 g/mol. The maximum atomic E-state index is 10.5. The van der Waals surface area contributed by atoms with Gasteiger partial charge in [-0.2, -0.15) is 9.97 Å². The number of likely N-dealkylation sites (N-methyl/N-ethyl adjacent to an activating group) is 1. The van der Waals surface area contributed by atoms with Crippen molar-refractivity contribution in [1.29, 1.82) is 0 Å². The molecule has 3 aromatic rings. The molecule has 2 N–H and O–H groups in total. The fourth-order valence-electron chi connectivity index (χ4n) is 6.85. The molecule has 1 aromatic heterocycles. The molecule has 8 heteroatoms. The molecule has 3 aliphatic rings. The topological polar surface area (TPSA) is 85.2 Å². The van der Waals surface area contributed by atoms with Gasteiger partial charge in [0.2, 0.25) is 0 Å².